The molecule has 26 heavy (non-hydrogen) atoms. The molecule has 1 rings (SSSR count). The maximum atomic E-state index is 12.8. The van der Waals surface area contributed by atoms with Crippen LogP contribution in [0.15, 0.2) is 12.1 Å². The summed E-state index contributed by atoms with van der Waals surface area (Å²) in [7, 11) is 7.36. The van der Waals surface area contributed by atoms with E-state index < -0.39 is 39.0 Å². The Morgan fingerprint density at radius 1 is 1.15 bits per heavy atom. The molecule has 1 aromatic carbocycles. The molecule has 0 unspecified atom stereocenters. The number of carboxylic acid groups (broad SMARTS) is 1. The number of Topliss-reactive ketones (excluding diaryl/α,β-unsaturated/α-hetero) is 1. The van der Waals surface area contributed by atoms with E-state index in [1.54, 1.807) is 0 Å². The van der Waals surface area contributed by atoms with Crippen molar-refractivity contribution in [3.05, 3.63) is 33.3 Å². The summed E-state index contributed by atoms with van der Waals surface area (Å²) in [6.45, 7) is 1.61. The number of carbonyl (C=O) groups is 2. The van der Waals surface area contributed by atoms with Crippen LogP contribution in [0.4, 0.5) is 13.2 Å². The highest BCUT2D eigenvalue weighted by Gasteiger charge is 2.51. The third-order valence-electron chi connectivity index (χ3n) is 3.41. The largest absolute Gasteiger partial charge is 0.478 e. The number of hydrogen-bond donors (Lipinski definition) is 1. The van der Waals surface area contributed by atoms with Gasteiger partial charge < -0.3 is 5.11 Å². The van der Waals surface area contributed by atoms with Crippen molar-refractivity contribution >= 4 is 65.5 Å². The first-order valence-corrected chi connectivity index (χ1v) is 10.2. The summed E-state index contributed by atoms with van der Waals surface area (Å²) in [5.74, 6) is -2.35. The molecule has 1 aromatic rings. The zero-order valence-corrected chi connectivity index (χ0v) is 17.1. The second kappa shape index (κ2) is 10.1. The number of carboxylic acids is 1. The Kier molecular flexibility index (Phi) is 9.92. The van der Waals surface area contributed by atoms with Crippen LogP contribution >= 0.6 is 44.6 Å². The number of aryl methyl sites for hydroxylation is 1. The van der Waals surface area contributed by atoms with Crippen LogP contribution in [-0.2, 0) is 20.4 Å². The lowest BCUT2D eigenvalue weighted by atomic mass is 9.84. The molecule has 1 N–H and O–H groups in total. The molecule has 4 nitrogen and oxygen atoms in total. The lowest BCUT2D eigenvalue weighted by Crippen LogP contribution is -2.39. The van der Waals surface area contributed by atoms with Crippen molar-refractivity contribution in [1.82, 2.24) is 0 Å². The van der Waals surface area contributed by atoms with Crippen LogP contribution < -0.4 is 0 Å². The molecule has 148 valence electrons. The average molecular weight is 476 g/mol. The molecule has 0 aliphatic rings. The highest BCUT2D eigenvalue weighted by atomic mass is 36.0. The Hall–Kier alpha value is -0.540. The summed E-state index contributed by atoms with van der Waals surface area (Å²) in [6, 6.07) is 2.68. The zero-order valence-electron chi connectivity index (χ0n) is 13.3. The van der Waals surface area contributed by atoms with Crippen molar-refractivity contribution in [3.63, 3.8) is 0 Å². The minimum atomic E-state index is -4.65. The fourth-order valence-corrected chi connectivity index (χ4v) is 2.33. The van der Waals surface area contributed by atoms with Gasteiger partial charge in [-0.05, 0) is 31.9 Å². The molecule has 0 saturated heterocycles. The van der Waals surface area contributed by atoms with Crippen LogP contribution in [0.1, 0.15) is 36.2 Å². The van der Waals surface area contributed by atoms with Gasteiger partial charge in [-0.2, -0.15) is 13.2 Å². The molecule has 0 fully saturated rings. The SMILES string of the molecule is CC(C)(C(=O)CCc1ccc(Cl)c(C(=O)O)c1Cl)C(F)(F)F.O=S(Cl)Cl. The fraction of sp³-hybridized carbons (Fsp3) is 0.429. The van der Waals surface area contributed by atoms with Crippen LogP contribution in [0, 0.1) is 5.41 Å². The van der Waals surface area contributed by atoms with Gasteiger partial charge in [-0.15, -0.1) is 0 Å². The number of alkyl halides is 3. The Morgan fingerprint density at radius 2 is 1.62 bits per heavy atom. The number of ketones is 1. The Labute approximate surface area is 169 Å². The fourth-order valence-electron chi connectivity index (χ4n) is 1.70. The number of benzene rings is 1. The molecule has 12 heteroatoms. The predicted molar refractivity (Wildman–Crippen MR) is 96.4 cm³/mol. The maximum Gasteiger partial charge on any atom is 0.400 e. The number of halogens is 7. The lowest BCUT2D eigenvalue weighted by Gasteiger charge is -2.26. The van der Waals surface area contributed by atoms with E-state index in [1.165, 1.54) is 12.1 Å². The molecule has 0 amide bonds. The Morgan fingerprint density at radius 3 is 2.00 bits per heavy atom. The zero-order chi connectivity index (χ0) is 20.9. The monoisotopic (exact) mass is 474 g/mol. The van der Waals surface area contributed by atoms with Gasteiger partial charge in [-0.25, -0.2) is 9.00 Å². The highest BCUT2D eigenvalue weighted by Crippen LogP contribution is 2.39. The van der Waals surface area contributed by atoms with Crippen LogP contribution in [0.2, 0.25) is 10.0 Å². The molecule has 0 radical (unpaired) electrons. The predicted octanol–water partition coefficient (Wildman–Crippen LogP) is 5.82. The van der Waals surface area contributed by atoms with Crippen molar-refractivity contribution < 1.29 is 32.1 Å². The Balaban J connectivity index is 0.00000141. The first-order chi connectivity index (χ1) is 11.6. The quantitative estimate of drug-likeness (QED) is 0.544. The van der Waals surface area contributed by atoms with E-state index in [1.807, 2.05) is 0 Å². The molecule has 0 aliphatic heterocycles. The van der Waals surface area contributed by atoms with Crippen LogP contribution in [0.3, 0.4) is 0 Å². The van der Waals surface area contributed by atoms with Gasteiger partial charge in [0, 0.05) is 27.8 Å². The van der Waals surface area contributed by atoms with Crippen molar-refractivity contribution in [2.75, 3.05) is 0 Å². The molecule has 0 atom stereocenters. The van der Waals surface area contributed by atoms with Crippen LogP contribution in [0.5, 0.6) is 0 Å². The summed E-state index contributed by atoms with van der Waals surface area (Å²) in [4.78, 5) is 22.8. The van der Waals surface area contributed by atoms with E-state index in [0.29, 0.717) is 0 Å². The Bertz CT molecular complexity index is 704. The summed E-state index contributed by atoms with van der Waals surface area (Å²) >= 11 is 11.6. The second-order valence-electron chi connectivity index (χ2n) is 5.43. The molecule has 0 aliphatic carbocycles. The normalized spacial score (nSPS) is 11.8. The first kappa shape index (κ1) is 25.5. The summed E-state index contributed by atoms with van der Waals surface area (Å²) in [5, 5.41) is 8.75. The molecule has 0 bridgehead atoms. The molecular formula is C14H13Cl4F3O4S. The number of carbonyl (C=O) groups excluding carboxylic acids is 1. The summed E-state index contributed by atoms with van der Waals surface area (Å²) < 4.78 is 47.4. The van der Waals surface area contributed by atoms with E-state index in [-0.39, 0.29) is 27.6 Å². The van der Waals surface area contributed by atoms with Gasteiger partial charge in [0.1, 0.15) is 11.2 Å². The van der Waals surface area contributed by atoms with Crippen molar-refractivity contribution in [2.45, 2.75) is 32.9 Å². The maximum absolute atomic E-state index is 12.8. The first-order valence-electron chi connectivity index (χ1n) is 6.67. The number of rotatable bonds is 5. The van der Waals surface area contributed by atoms with Crippen molar-refractivity contribution in [3.8, 4) is 0 Å². The standard InChI is InChI=1S/C14H13Cl2F3O3.Cl2OS/c1-13(2,14(17,18)19)9(20)6-4-7-3-5-8(15)10(11(7)16)12(21)22;1-4(2)3/h3,5H,4,6H2,1-2H3,(H,21,22);. The van der Waals surface area contributed by atoms with E-state index in [2.05, 4.69) is 21.4 Å². The second-order valence-corrected chi connectivity index (χ2v) is 8.74. The minimum absolute atomic E-state index is 0.0804. The van der Waals surface area contributed by atoms with Gasteiger partial charge in [0.05, 0.1) is 15.6 Å². The smallest absolute Gasteiger partial charge is 0.400 e. The topological polar surface area (TPSA) is 71.4 Å². The molecule has 0 heterocycles. The summed E-state index contributed by atoms with van der Waals surface area (Å²) in [6.07, 6.45) is -5.17. The third-order valence-corrected chi connectivity index (χ3v) is 4.16. The van der Waals surface area contributed by atoms with E-state index in [4.69, 9.17) is 32.5 Å². The minimum Gasteiger partial charge on any atom is -0.478 e. The van der Waals surface area contributed by atoms with Gasteiger partial charge in [-0.1, -0.05) is 29.3 Å². The average Bonchev–Trinajstić information content (AvgIpc) is 2.43. The van der Waals surface area contributed by atoms with Crippen LogP contribution in [0.25, 0.3) is 0 Å². The van der Waals surface area contributed by atoms with Gasteiger partial charge in [0.15, 0.2) is 0 Å². The molecular weight excluding hydrogens is 463 g/mol. The highest BCUT2D eigenvalue weighted by molar-refractivity contribution is 8.26. The van der Waals surface area contributed by atoms with Gasteiger partial charge in [-0.3, -0.25) is 4.79 Å². The number of aromatic carboxylic acids is 1. The van der Waals surface area contributed by atoms with Gasteiger partial charge >= 0.3 is 12.1 Å². The van der Waals surface area contributed by atoms with E-state index in [9.17, 15) is 22.8 Å². The van der Waals surface area contributed by atoms with Crippen molar-refractivity contribution in [2.24, 2.45) is 5.41 Å². The van der Waals surface area contributed by atoms with Crippen molar-refractivity contribution in [1.29, 1.82) is 0 Å². The molecule has 0 saturated carbocycles. The van der Waals surface area contributed by atoms with Gasteiger partial charge in [0.2, 0.25) is 9.23 Å². The van der Waals surface area contributed by atoms with E-state index in [0.717, 1.165) is 13.8 Å². The van der Waals surface area contributed by atoms with Crippen LogP contribution in [-0.4, -0.2) is 27.2 Å². The lowest BCUT2D eigenvalue weighted by molar-refractivity contribution is -0.210. The molecule has 0 aromatic heterocycles. The summed E-state index contributed by atoms with van der Waals surface area (Å²) in [5.41, 5.74) is -2.54. The third kappa shape index (κ3) is 7.23. The molecule has 0 spiro atoms. The van der Waals surface area contributed by atoms with Gasteiger partial charge in [0.25, 0.3) is 0 Å². The number of hydrogen-bond acceptors (Lipinski definition) is 3. The van der Waals surface area contributed by atoms with E-state index >= 15 is 0 Å².